The van der Waals surface area contributed by atoms with E-state index in [1.54, 1.807) is 12.0 Å². The molecule has 0 bridgehead atoms. The number of carbonyl (C=O) groups excluding carboxylic acids is 1. The Morgan fingerprint density at radius 3 is 2.50 bits per heavy atom. The Kier molecular flexibility index (Phi) is 6.76. The molecule has 0 unspecified atom stereocenters. The molecule has 0 aliphatic carbocycles. The van der Waals surface area contributed by atoms with Crippen molar-refractivity contribution in [2.24, 2.45) is 5.92 Å². The van der Waals surface area contributed by atoms with E-state index in [0.29, 0.717) is 48.9 Å². The first-order valence-corrected chi connectivity index (χ1v) is 9.75. The third kappa shape index (κ3) is 5.38. The van der Waals surface area contributed by atoms with Crippen molar-refractivity contribution >= 4 is 17.6 Å². The molecule has 0 spiro atoms. The van der Waals surface area contributed by atoms with Crippen LogP contribution in [0.15, 0.2) is 30.6 Å². The lowest BCUT2D eigenvalue weighted by Crippen LogP contribution is -2.37. The number of carbonyl (C=O) groups is 1. The van der Waals surface area contributed by atoms with E-state index in [1.165, 1.54) is 18.5 Å². The molecule has 2 heterocycles. The summed E-state index contributed by atoms with van der Waals surface area (Å²) in [7, 11) is 0. The lowest BCUT2D eigenvalue weighted by Gasteiger charge is -2.30. The number of nitrogen functional groups attached to an aromatic ring is 1. The van der Waals surface area contributed by atoms with E-state index in [1.807, 2.05) is 0 Å². The maximum Gasteiger partial charge on any atom is 0.416 e. The summed E-state index contributed by atoms with van der Waals surface area (Å²) in [5.41, 5.74) is 6.24. The molecular weight excluding hydrogens is 399 g/mol. The molecule has 1 aliphatic rings. The minimum absolute atomic E-state index is 0.188. The molecule has 1 saturated heterocycles. The van der Waals surface area contributed by atoms with Gasteiger partial charge in [0.05, 0.1) is 11.1 Å². The largest absolute Gasteiger partial charge is 0.416 e. The highest BCUT2D eigenvalue weighted by Crippen LogP contribution is 2.34. The maximum absolute atomic E-state index is 12.8. The first kappa shape index (κ1) is 21.8. The van der Waals surface area contributed by atoms with E-state index in [2.05, 4.69) is 15.3 Å². The van der Waals surface area contributed by atoms with Gasteiger partial charge in [0, 0.05) is 26.1 Å². The molecule has 10 heteroatoms. The number of hydrogen-bond acceptors (Lipinski definition) is 7. The van der Waals surface area contributed by atoms with Gasteiger partial charge in [-0.25, -0.2) is 9.97 Å². The third-order valence-electron chi connectivity index (χ3n) is 5.03. The zero-order valence-corrected chi connectivity index (χ0v) is 16.6. The number of nitrogens with zero attached hydrogens (tertiary/aromatic N) is 3. The number of alkyl halides is 3. The maximum atomic E-state index is 12.8. The molecular formula is C20H24F3N5O2. The van der Waals surface area contributed by atoms with Crippen LogP contribution in [0.1, 0.15) is 31.7 Å². The Balaban J connectivity index is 1.65. The molecule has 1 aromatic heterocycles. The highest BCUT2D eigenvalue weighted by atomic mass is 19.4. The predicted octanol–water partition coefficient (Wildman–Crippen LogP) is 3.74. The van der Waals surface area contributed by atoms with E-state index in [4.69, 9.17) is 10.6 Å². The van der Waals surface area contributed by atoms with Crippen molar-refractivity contribution in [3.05, 3.63) is 36.2 Å². The lowest BCUT2D eigenvalue weighted by molar-refractivity contribution is -0.196. The fourth-order valence-corrected chi connectivity index (χ4v) is 3.30. The summed E-state index contributed by atoms with van der Waals surface area (Å²) in [6.07, 6.45) is -1.08. The summed E-state index contributed by atoms with van der Waals surface area (Å²) in [6, 6.07) is 4.75. The number of benzene rings is 1. The summed E-state index contributed by atoms with van der Waals surface area (Å²) in [4.78, 5) is 24.8. The van der Waals surface area contributed by atoms with Crippen LogP contribution in [0.3, 0.4) is 0 Å². The van der Waals surface area contributed by atoms with Gasteiger partial charge in [-0.05, 0) is 36.5 Å². The van der Waals surface area contributed by atoms with E-state index in [9.17, 15) is 18.0 Å². The number of anilines is 2. The fourth-order valence-electron chi connectivity index (χ4n) is 3.30. The van der Waals surface area contributed by atoms with Crippen LogP contribution in [0, 0.1) is 5.92 Å². The van der Waals surface area contributed by atoms with E-state index in [-0.39, 0.29) is 11.8 Å². The second-order valence-electron chi connectivity index (χ2n) is 7.13. The molecule has 1 fully saturated rings. The van der Waals surface area contributed by atoms with Crippen LogP contribution >= 0.6 is 0 Å². The fraction of sp³-hybridized carbons (Fsp3) is 0.450. The molecule has 3 rings (SSSR count). The van der Waals surface area contributed by atoms with Gasteiger partial charge in [0.25, 0.3) is 0 Å². The van der Waals surface area contributed by atoms with Gasteiger partial charge in [-0.2, -0.15) is 13.2 Å². The molecule has 7 nitrogen and oxygen atoms in total. The van der Waals surface area contributed by atoms with Crippen LogP contribution in [0.25, 0.3) is 11.1 Å². The molecule has 162 valence electrons. The van der Waals surface area contributed by atoms with Crippen LogP contribution in [0.4, 0.5) is 24.8 Å². The zero-order chi connectivity index (χ0) is 21.7. The van der Waals surface area contributed by atoms with Crippen molar-refractivity contribution in [3.63, 3.8) is 0 Å². The molecule has 1 aliphatic heterocycles. The first-order valence-electron chi connectivity index (χ1n) is 9.75. The first-order chi connectivity index (χ1) is 14.3. The average Bonchev–Trinajstić information content (AvgIpc) is 2.72. The SMILES string of the molecule is CCC(=O)ON1CCC(CNc2ncnc(N)c2-c2ccc(C(F)(F)F)cc2)CC1. The topological polar surface area (TPSA) is 93.4 Å². The van der Waals surface area contributed by atoms with Gasteiger partial charge in [-0.1, -0.05) is 19.1 Å². The third-order valence-corrected chi connectivity index (χ3v) is 5.03. The number of hydroxylamine groups is 2. The van der Waals surface area contributed by atoms with Crippen LogP contribution in [-0.2, 0) is 15.8 Å². The molecule has 0 atom stereocenters. The van der Waals surface area contributed by atoms with Crippen molar-refractivity contribution in [1.82, 2.24) is 15.0 Å². The Morgan fingerprint density at radius 1 is 1.23 bits per heavy atom. The smallest absolute Gasteiger partial charge is 0.383 e. The van der Waals surface area contributed by atoms with Crippen molar-refractivity contribution in [3.8, 4) is 11.1 Å². The van der Waals surface area contributed by atoms with Gasteiger partial charge in [0.15, 0.2) is 0 Å². The number of nitrogens with one attached hydrogen (secondary N) is 1. The average molecular weight is 423 g/mol. The van der Waals surface area contributed by atoms with Gasteiger partial charge < -0.3 is 15.9 Å². The Morgan fingerprint density at radius 2 is 1.90 bits per heavy atom. The Labute approximate surface area is 172 Å². The summed E-state index contributed by atoms with van der Waals surface area (Å²) in [6.45, 7) is 3.66. The number of halogens is 3. The van der Waals surface area contributed by atoms with Gasteiger partial charge in [0.2, 0.25) is 0 Å². The van der Waals surface area contributed by atoms with Crippen LogP contribution in [0.2, 0.25) is 0 Å². The highest BCUT2D eigenvalue weighted by molar-refractivity contribution is 5.83. The Bertz CT molecular complexity index is 866. The summed E-state index contributed by atoms with van der Waals surface area (Å²) in [5, 5.41) is 4.93. The molecule has 0 radical (unpaired) electrons. The van der Waals surface area contributed by atoms with E-state index < -0.39 is 11.7 Å². The summed E-state index contributed by atoms with van der Waals surface area (Å²) in [5.74, 6) is 0.748. The van der Waals surface area contributed by atoms with E-state index >= 15 is 0 Å². The number of rotatable bonds is 6. The standard InChI is InChI=1S/C20H24F3N5O2/c1-2-16(29)30-28-9-7-13(8-10-28)11-25-19-17(18(24)26-12-27-19)14-3-5-15(6-4-14)20(21,22)23/h3-6,12-13H,2,7-11H2,1H3,(H3,24,25,26,27). The molecule has 1 aromatic carbocycles. The van der Waals surface area contributed by atoms with Crippen molar-refractivity contribution in [2.45, 2.75) is 32.4 Å². The van der Waals surface area contributed by atoms with E-state index in [0.717, 1.165) is 25.0 Å². The monoisotopic (exact) mass is 423 g/mol. The number of nitrogens with two attached hydrogens (primary N) is 1. The number of piperidine rings is 1. The molecule has 30 heavy (non-hydrogen) atoms. The molecule has 0 amide bonds. The predicted molar refractivity (Wildman–Crippen MR) is 106 cm³/mol. The van der Waals surface area contributed by atoms with Gasteiger partial charge in [-0.3, -0.25) is 4.79 Å². The molecule has 3 N–H and O–H groups in total. The Hall–Kier alpha value is -2.88. The zero-order valence-electron chi connectivity index (χ0n) is 16.6. The molecule has 0 saturated carbocycles. The summed E-state index contributed by atoms with van der Waals surface area (Å²) < 4.78 is 38.5. The lowest BCUT2D eigenvalue weighted by atomic mass is 9.97. The van der Waals surface area contributed by atoms with Gasteiger partial charge in [0.1, 0.15) is 18.0 Å². The van der Waals surface area contributed by atoms with Crippen LogP contribution in [0.5, 0.6) is 0 Å². The second-order valence-corrected chi connectivity index (χ2v) is 7.13. The van der Waals surface area contributed by atoms with Crippen molar-refractivity contribution < 1.29 is 22.8 Å². The number of aromatic nitrogens is 2. The minimum atomic E-state index is -4.40. The second kappa shape index (κ2) is 9.29. The van der Waals surface area contributed by atoms with Crippen molar-refractivity contribution in [2.75, 3.05) is 30.7 Å². The normalized spacial score (nSPS) is 15.7. The van der Waals surface area contributed by atoms with Crippen molar-refractivity contribution in [1.29, 1.82) is 0 Å². The van der Waals surface area contributed by atoms with Crippen LogP contribution in [-0.4, -0.2) is 40.6 Å². The number of hydrogen-bond donors (Lipinski definition) is 2. The van der Waals surface area contributed by atoms with Gasteiger partial charge >= 0.3 is 12.1 Å². The van der Waals surface area contributed by atoms with Gasteiger partial charge in [-0.15, -0.1) is 5.06 Å². The quantitative estimate of drug-likeness (QED) is 0.731. The summed E-state index contributed by atoms with van der Waals surface area (Å²) >= 11 is 0. The highest BCUT2D eigenvalue weighted by Gasteiger charge is 2.30. The minimum Gasteiger partial charge on any atom is -0.383 e. The van der Waals surface area contributed by atoms with Crippen LogP contribution < -0.4 is 11.1 Å². The molecule has 2 aromatic rings.